The quantitative estimate of drug-likeness (QED) is 0.841. The van der Waals surface area contributed by atoms with E-state index in [9.17, 15) is 9.90 Å². The van der Waals surface area contributed by atoms with Gasteiger partial charge < -0.3 is 14.7 Å². The predicted molar refractivity (Wildman–Crippen MR) is 112 cm³/mol. The number of ether oxygens (including phenoxy) is 1. The van der Waals surface area contributed by atoms with Gasteiger partial charge in [0.05, 0.1) is 18.4 Å². The summed E-state index contributed by atoms with van der Waals surface area (Å²) < 4.78 is 5.07. The van der Waals surface area contributed by atoms with E-state index in [-0.39, 0.29) is 11.5 Å². The second-order valence-electron chi connectivity index (χ2n) is 8.92. The van der Waals surface area contributed by atoms with E-state index in [0.29, 0.717) is 30.3 Å². The van der Waals surface area contributed by atoms with Crippen LogP contribution in [0.5, 0.6) is 0 Å². The average Bonchev–Trinajstić information content (AvgIpc) is 3.12. The van der Waals surface area contributed by atoms with Gasteiger partial charge >= 0.3 is 6.09 Å². The second-order valence-corrected chi connectivity index (χ2v) is 8.92. The van der Waals surface area contributed by atoms with Crippen molar-refractivity contribution in [1.82, 2.24) is 9.88 Å². The molecule has 0 radical (unpaired) electrons. The number of rotatable bonds is 5. The fourth-order valence-electron chi connectivity index (χ4n) is 4.75. The molecule has 0 bridgehead atoms. The van der Waals surface area contributed by atoms with Crippen LogP contribution >= 0.6 is 0 Å². The number of benzene rings is 1. The average molecular weight is 396 g/mol. The van der Waals surface area contributed by atoms with Crippen molar-refractivity contribution in [2.45, 2.75) is 32.3 Å². The van der Waals surface area contributed by atoms with E-state index in [1.54, 1.807) is 17.3 Å². The molecule has 2 saturated heterocycles. The van der Waals surface area contributed by atoms with Gasteiger partial charge in [0.25, 0.3) is 0 Å². The molecule has 2 aromatic rings. The van der Waals surface area contributed by atoms with E-state index < -0.39 is 5.60 Å². The first-order valence-electron chi connectivity index (χ1n) is 10.2. The van der Waals surface area contributed by atoms with Crippen LogP contribution in [-0.4, -0.2) is 54.4 Å². The lowest BCUT2D eigenvalue weighted by atomic mass is 9.62. The highest BCUT2D eigenvalue weighted by atomic mass is 16.6. The highest BCUT2D eigenvalue weighted by Gasteiger charge is 2.55. The van der Waals surface area contributed by atoms with E-state index >= 15 is 0 Å². The van der Waals surface area contributed by atoms with Gasteiger partial charge in [-0.2, -0.15) is 0 Å². The van der Waals surface area contributed by atoms with Crippen molar-refractivity contribution in [3.8, 4) is 0 Å². The molecular weight excluding hydrogens is 366 g/mol. The summed E-state index contributed by atoms with van der Waals surface area (Å²) in [5.74, 6) is 0.425. The highest BCUT2D eigenvalue weighted by molar-refractivity contribution is 5.89. The molecule has 1 amide bonds. The van der Waals surface area contributed by atoms with Crippen molar-refractivity contribution in [2.24, 2.45) is 5.41 Å². The Morgan fingerprint density at radius 3 is 2.41 bits per heavy atom. The van der Waals surface area contributed by atoms with E-state index in [1.807, 2.05) is 18.2 Å². The Morgan fingerprint density at radius 2 is 1.86 bits per heavy atom. The van der Waals surface area contributed by atoms with Crippen LogP contribution < -0.4 is 4.90 Å². The smallest absolute Gasteiger partial charge is 0.414 e. The number of pyridine rings is 1. The topological polar surface area (TPSA) is 65.9 Å². The summed E-state index contributed by atoms with van der Waals surface area (Å²) in [6.45, 7) is 8.83. The van der Waals surface area contributed by atoms with Crippen molar-refractivity contribution >= 4 is 11.8 Å². The third-order valence-electron chi connectivity index (χ3n) is 6.32. The monoisotopic (exact) mass is 395 g/mol. The SMILES string of the molecule is CC(C)c1ccc([C@](O)(c2cncc(N3CCOC3=O)c2)C2(C)CN(C)C2)cc1. The third-order valence-corrected chi connectivity index (χ3v) is 6.32. The summed E-state index contributed by atoms with van der Waals surface area (Å²) >= 11 is 0. The van der Waals surface area contributed by atoms with Gasteiger partial charge in [-0.15, -0.1) is 0 Å². The number of hydrogen-bond acceptors (Lipinski definition) is 5. The standard InChI is InChI=1S/C23H29N3O3/c1-16(2)17-5-7-18(8-6-17)23(28,22(3)14-25(4)15-22)19-11-20(13-24-12-19)26-9-10-29-21(26)27/h5-8,11-13,16,28H,9-10,14-15H2,1-4H3/t23-/m0/s1. The van der Waals surface area contributed by atoms with Crippen LogP contribution in [0.25, 0.3) is 0 Å². The van der Waals surface area contributed by atoms with Gasteiger partial charge in [0.2, 0.25) is 0 Å². The molecule has 4 rings (SSSR count). The summed E-state index contributed by atoms with van der Waals surface area (Å²) in [6.07, 6.45) is 2.99. The first-order valence-corrected chi connectivity index (χ1v) is 10.2. The predicted octanol–water partition coefficient (Wildman–Crippen LogP) is 3.35. The van der Waals surface area contributed by atoms with Crippen LogP contribution in [0.3, 0.4) is 0 Å². The Bertz CT molecular complexity index is 906. The summed E-state index contributed by atoms with van der Waals surface area (Å²) in [6, 6.07) is 10.1. The molecule has 1 aromatic carbocycles. The van der Waals surface area contributed by atoms with Gasteiger partial charge in [-0.25, -0.2) is 4.79 Å². The van der Waals surface area contributed by atoms with E-state index in [1.165, 1.54) is 5.56 Å². The zero-order chi connectivity index (χ0) is 20.8. The van der Waals surface area contributed by atoms with Crippen LogP contribution in [0, 0.1) is 5.41 Å². The molecule has 6 nitrogen and oxygen atoms in total. The Balaban J connectivity index is 1.80. The number of cyclic esters (lactones) is 1. The molecule has 0 spiro atoms. The number of amides is 1. The zero-order valence-corrected chi connectivity index (χ0v) is 17.6. The third kappa shape index (κ3) is 3.20. The number of aliphatic hydroxyl groups is 1. The van der Waals surface area contributed by atoms with Crippen molar-refractivity contribution in [3.63, 3.8) is 0 Å². The Kier molecular flexibility index (Phi) is 4.87. The normalized spacial score (nSPS) is 21.0. The molecule has 1 aromatic heterocycles. The lowest BCUT2D eigenvalue weighted by molar-refractivity contribution is -0.127. The van der Waals surface area contributed by atoms with E-state index in [4.69, 9.17) is 4.74 Å². The number of carbonyl (C=O) groups excluding carboxylic acids is 1. The Morgan fingerprint density at radius 1 is 1.17 bits per heavy atom. The molecule has 0 unspecified atom stereocenters. The van der Waals surface area contributed by atoms with Crippen LogP contribution in [0.15, 0.2) is 42.7 Å². The molecule has 154 valence electrons. The minimum Gasteiger partial charge on any atom is -0.447 e. The Hall–Kier alpha value is -2.44. The molecule has 29 heavy (non-hydrogen) atoms. The first kappa shape index (κ1) is 19.9. The summed E-state index contributed by atoms with van der Waals surface area (Å²) in [5.41, 5.74) is 1.84. The summed E-state index contributed by atoms with van der Waals surface area (Å²) in [4.78, 5) is 20.2. The van der Waals surface area contributed by atoms with E-state index in [2.05, 4.69) is 49.8 Å². The van der Waals surface area contributed by atoms with Crippen molar-refractivity contribution in [3.05, 3.63) is 59.4 Å². The fraction of sp³-hybridized carbons (Fsp3) is 0.478. The first-order chi connectivity index (χ1) is 13.7. The number of carbonyl (C=O) groups is 1. The number of anilines is 1. The number of likely N-dealkylation sites (tertiary alicyclic amines) is 1. The molecule has 2 fully saturated rings. The minimum atomic E-state index is -1.22. The summed E-state index contributed by atoms with van der Waals surface area (Å²) in [5, 5.41) is 12.2. The molecule has 2 aliphatic rings. The number of hydrogen-bond donors (Lipinski definition) is 1. The molecular formula is C23H29N3O3. The minimum absolute atomic E-state index is 0.368. The van der Waals surface area contributed by atoms with Gasteiger partial charge in [0.1, 0.15) is 12.2 Å². The molecule has 1 atom stereocenters. The van der Waals surface area contributed by atoms with Gasteiger partial charge in [0, 0.05) is 30.3 Å². The van der Waals surface area contributed by atoms with Gasteiger partial charge in [-0.3, -0.25) is 9.88 Å². The number of nitrogens with zero attached hydrogens (tertiary/aromatic N) is 3. The number of aromatic nitrogens is 1. The van der Waals surface area contributed by atoms with Crippen LogP contribution in [0.1, 0.15) is 43.4 Å². The largest absolute Gasteiger partial charge is 0.447 e. The fourth-order valence-corrected chi connectivity index (χ4v) is 4.75. The van der Waals surface area contributed by atoms with Crippen molar-refractivity contribution in [2.75, 3.05) is 38.2 Å². The molecule has 0 saturated carbocycles. The van der Waals surface area contributed by atoms with Crippen molar-refractivity contribution in [1.29, 1.82) is 0 Å². The lowest BCUT2D eigenvalue weighted by Crippen LogP contribution is -2.63. The maximum atomic E-state index is 12.2. The highest BCUT2D eigenvalue weighted by Crippen LogP contribution is 2.50. The maximum Gasteiger partial charge on any atom is 0.414 e. The molecule has 3 heterocycles. The van der Waals surface area contributed by atoms with Crippen LogP contribution in [-0.2, 0) is 10.3 Å². The van der Waals surface area contributed by atoms with Gasteiger partial charge in [-0.1, -0.05) is 45.0 Å². The summed E-state index contributed by atoms with van der Waals surface area (Å²) in [7, 11) is 2.05. The van der Waals surface area contributed by atoms with Gasteiger partial charge in [-0.05, 0) is 30.2 Å². The Labute approximate surface area is 172 Å². The van der Waals surface area contributed by atoms with Crippen molar-refractivity contribution < 1.29 is 14.6 Å². The van der Waals surface area contributed by atoms with Crippen LogP contribution in [0.2, 0.25) is 0 Å². The molecule has 1 N–H and O–H groups in total. The van der Waals surface area contributed by atoms with Gasteiger partial charge in [0.15, 0.2) is 0 Å². The molecule has 6 heteroatoms. The lowest BCUT2D eigenvalue weighted by Gasteiger charge is -2.56. The molecule has 2 aliphatic heterocycles. The zero-order valence-electron chi connectivity index (χ0n) is 17.6. The maximum absolute atomic E-state index is 12.2. The molecule has 0 aliphatic carbocycles. The van der Waals surface area contributed by atoms with E-state index in [0.717, 1.165) is 18.7 Å². The van der Waals surface area contributed by atoms with Crippen LogP contribution in [0.4, 0.5) is 10.5 Å². The second kappa shape index (κ2) is 7.11.